The van der Waals surface area contributed by atoms with Crippen LogP contribution in [-0.4, -0.2) is 20.6 Å². The first-order valence-electron chi connectivity index (χ1n) is 5.68. The standard InChI is InChI=1S/C13H22N2/c1-5-10-15(4)13-9-7-6-8-12(13)11(2)14-3/h6-9,11,14H,5,10H2,1-4H3. The van der Waals surface area contributed by atoms with E-state index in [4.69, 9.17) is 0 Å². The summed E-state index contributed by atoms with van der Waals surface area (Å²) >= 11 is 0. The van der Waals surface area contributed by atoms with Crippen molar-refractivity contribution in [2.75, 3.05) is 25.5 Å². The molecule has 0 heterocycles. The van der Waals surface area contributed by atoms with Gasteiger partial charge in [0, 0.05) is 25.3 Å². The molecule has 84 valence electrons. The van der Waals surface area contributed by atoms with Gasteiger partial charge in [0.1, 0.15) is 0 Å². The molecule has 15 heavy (non-hydrogen) atoms. The minimum Gasteiger partial charge on any atom is -0.374 e. The van der Waals surface area contributed by atoms with E-state index in [0.717, 1.165) is 6.54 Å². The van der Waals surface area contributed by atoms with Gasteiger partial charge in [-0.2, -0.15) is 0 Å². The van der Waals surface area contributed by atoms with Gasteiger partial charge in [-0.15, -0.1) is 0 Å². The van der Waals surface area contributed by atoms with Crippen molar-refractivity contribution in [3.8, 4) is 0 Å². The molecule has 2 heteroatoms. The first-order chi connectivity index (χ1) is 7.20. The average molecular weight is 206 g/mol. The molecule has 0 amide bonds. The monoisotopic (exact) mass is 206 g/mol. The van der Waals surface area contributed by atoms with Crippen LogP contribution >= 0.6 is 0 Å². The van der Waals surface area contributed by atoms with Crippen molar-refractivity contribution in [1.82, 2.24) is 5.32 Å². The summed E-state index contributed by atoms with van der Waals surface area (Å²) in [6.07, 6.45) is 1.18. The fourth-order valence-corrected chi connectivity index (χ4v) is 1.81. The van der Waals surface area contributed by atoms with Gasteiger partial charge in [0.25, 0.3) is 0 Å². The number of hydrogen-bond donors (Lipinski definition) is 1. The zero-order chi connectivity index (χ0) is 11.3. The van der Waals surface area contributed by atoms with E-state index in [0.29, 0.717) is 6.04 Å². The number of anilines is 1. The quantitative estimate of drug-likeness (QED) is 0.797. The van der Waals surface area contributed by atoms with E-state index in [-0.39, 0.29) is 0 Å². The van der Waals surface area contributed by atoms with E-state index >= 15 is 0 Å². The number of nitrogens with zero attached hydrogens (tertiary/aromatic N) is 1. The Morgan fingerprint density at radius 3 is 2.60 bits per heavy atom. The highest BCUT2D eigenvalue weighted by Gasteiger charge is 2.10. The summed E-state index contributed by atoms with van der Waals surface area (Å²) < 4.78 is 0. The lowest BCUT2D eigenvalue weighted by Crippen LogP contribution is -2.22. The molecule has 0 aliphatic heterocycles. The number of benzene rings is 1. The van der Waals surface area contributed by atoms with E-state index < -0.39 is 0 Å². The van der Waals surface area contributed by atoms with Gasteiger partial charge in [0.05, 0.1) is 0 Å². The molecule has 0 aromatic heterocycles. The Morgan fingerprint density at radius 1 is 1.33 bits per heavy atom. The highest BCUT2D eigenvalue weighted by molar-refractivity contribution is 5.54. The largest absolute Gasteiger partial charge is 0.374 e. The predicted molar refractivity (Wildman–Crippen MR) is 67.5 cm³/mol. The van der Waals surface area contributed by atoms with Crippen molar-refractivity contribution >= 4 is 5.69 Å². The molecule has 0 saturated heterocycles. The molecule has 0 fully saturated rings. The van der Waals surface area contributed by atoms with E-state index in [1.165, 1.54) is 17.7 Å². The molecule has 0 aliphatic rings. The molecular formula is C13H22N2. The lowest BCUT2D eigenvalue weighted by atomic mass is 10.1. The van der Waals surface area contributed by atoms with Crippen molar-refractivity contribution in [3.05, 3.63) is 29.8 Å². The maximum Gasteiger partial charge on any atom is 0.0411 e. The average Bonchev–Trinajstić information content (AvgIpc) is 2.28. The van der Waals surface area contributed by atoms with Crippen molar-refractivity contribution < 1.29 is 0 Å². The molecule has 1 aromatic carbocycles. The molecule has 0 aliphatic carbocycles. The molecule has 0 saturated carbocycles. The number of rotatable bonds is 5. The summed E-state index contributed by atoms with van der Waals surface area (Å²) in [6.45, 7) is 5.51. The molecule has 1 N–H and O–H groups in total. The van der Waals surface area contributed by atoms with Gasteiger partial charge in [-0.25, -0.2) is 0 Å². The van der Waals surface area contributed by atoms with Crippen LogP contribution in [0.3, 0.4) is 0 Å². The summed E-state index contributed by atoms with van der Waals surface area (Å²) in [5, 5.41) is 3.29. The van der Waals surface area contributed by atoms with E-state index in [1.54, 1.807) is 0 Å². The van der Waals surface area contributed by atoms with Crippen LogP contribution in [0.4, 0.5) is 5.69 Å². The van der Waals surface area contributed by atoms with Crippen LogP contribution in [0.2, 0.25) is 0 Å². The van der Waals surface area contributed by atoms with Gasteiger partial charge in [0.2, 0.25) is 0 Å². The highest BCUT2D eigenvalue weighted by Crippen LogP contribution is 2.25. The highest BCUT2D eigenvalue weighted by atomic mass is 15.1. The summed E-state index contributed by atoms with van der Waals surface area (Å²) in [5.41, 5.74) is 2.71. The second-order valence-electron chi connectivity index (χ2n) is 3.99. The molecule has 0 spiro atoms. The molecule has 1 unspecified atom stereocenters. The first kappa shape index (κ1) is 12.1. The minimum atomic E-state index is 0.403. The maximum atomic E-state index is 3.29. The van der Waals surface area contributed by atoms with Crippen LogP contribution < -0.4 is 10.2 Å². The Labute approximate surface area is 93.3 Å². The first-order valence-corrected chi connectivity index (χ1v) is 5.68. The smallest absolute Gasteiger partial charge is 0.0411 e. The molecule has 1 aromatic rings. The minimum absolute atomic E-state index is 0.403. The van der Waals surface area contributed by atoms with E-state index in [9.17, 15) is 0 Å². The summed E-state index contributed by atoms with van der Waals surface area (Å²) in [6, 6.07) is 9.00. The van der Waals surface area contributed by atoms with Crippen LogP contribution in [-0.2, 0) is 0 Å². The van der Waals surface area contributed by atoms with Crippen molar-refractivity contribution in [3.63, 3.8) is 0 Å². The van der Waals surface area contributed by atoms with Gasteiger partial charge in [-0.3, -0.25) is 0 Å². The Morgan fingerprint density at radius 2 is 2.00 bits per heavy atom. The van der Waals surface area contributed by atoms with Crippen LogP contribution in [0.15, 0.2) is 24.3 Å². The van der Waals surface area contributed by atoms with Crippen LogP contribution in [0.25, 0.3) is 0 Å². The third kappa shape index (κ3) is 2.96. The molecule has 0 bridgehead atoms. The molecule has 1 rings (SSSR count). The SMILES string of the molecule is CCCN(C)c1ccccc1C(C)NC. The second kappa shape index (κ2) is 5.76. The number of para-hydroxylation sites is 1. The van der Waals surface area contributed by atoms with E-state index in [1.807, 2.05) is 7.05 Å². The van der Waals surface area contributed by atoms with Crippen LogP contribution in [0.1, 0.15) is 31.9 Å². The molecule has 1 atom stereocenters. The summed E-state index contributed by atoms with van der Waals surface area (Å²) in [7, 11) is 4.16. The van der Waals surface area contributed by atoms with Gasteiger partial charge in [-0.1, -0.05) is 25.1 Å². The third-order valence-corrected chi connectivity index (χ3v) is 2.81. The maximum absolute atomic E-state index is 3.29. The predicted octanol–water partition coefficient (Wildman–Crippen LogP) is 2.81. The van der Waals surface area contributed by atoms with Crippen molar-refractivity contribution in [2.24, 2.45) is 0 Å². The fraction of sp³-hybridized carbons (Fsp3) is 0.538. The van der Waals surface area contributed by atoms with Crippen molar-refractivity contribution in [2.45, 2.75) is 26.3 Å². The Bertz CT molecular complexity index is 296. The van der Waals surface area contributed by atoms with Gasteiger partial charge < -0.3 is 10.2 Å². The molecule has 0 radical (unpaired) electrons. The summed E-state index contributed by atoms with van der Waals surface area (Å²) in [5.74, 6) is 0. The summed E-state index contributed by atoms with van der Waals surface area (Å²) in [4.78, 5) is 2.32. The van der Waals surface area contributed by atoms with Crippen molar-refractivity contribution in [1.29, 1.82) is 0 Å². The molecular weight excluding hydrogens is 184 g/mol. The number of nitrogens with one attached hydrogen (secondary N) is 1. The van der Waals surface area contributed by atoms with Gasteiger partial charge in [0.15, 0.2) is 0 Å². The van der Waals surface area contributed by atoms with Gasteiger partial charge >= 0.3 is 0 Å². The van der Waals surface area contributed by atoms with E-state index in [2.05, 4.69) is 55.4 Å². The molecule has 2 nitrogen and oxygen atoms in total. The topological polar surface area (TPSA) is 15.3 Å². The Kier molecular flexibility index (Phi) is 4.63. The Hall–Kier alpha value is -1.02. The number of hydrogen-bond acceptors (Lipinski definition) is 2. The zero-order valence-corrected chi connectivity index (χ0v) is 10.2. The normalized spacial score (nSPS) is 12.5. The van der Waals surface area contributed by atoms with Crippen LogP contribution in [0, 0.1) is 0 Å². The second-order valence-corrected chi connectivity index (χ2v) is 3.99. The lowest BCUT2D eigenvalue weighted by molar-refractivity contribution is 0.649. The zero-order valence-electron chi connectivity index (χ0n) is 10.2. The lowest BCUT2D eigenvalue weighted by Gasteiger charge is -2.24. The van der Waals surface area contributed by atoms with Gasteiger partial charge in [-0.05, 0) is 32.0 Å². The Balaban J connectivity index is 2.95. The fourth-order valence-electron chi connectivity index (χ4n) is 1.81. The van der Waals surface area contributed by atoms with Crippen LogP contribution in [0.5, 0.6) is 0 Å². The third-order valence-electron chi connectivity index (χ3n) is 2.81.